The number of aryl methyl sites for hydroxylation is 2. The van der Waals surface area contributed by atoms with Crippen molar-refractivity contribution in [2.24, 2.45) is 0 Å². The second-order valence-corrected chi connectivity index (χ2v) is 6.25. The molecule has 3 nitrogen and oxygen atoms in total. The van der Waals surface area contributed by atoms with Crippen molar-refractivity contribution in [1.82, 2.24) is 5.32 Å². The smallest absolute Gasteiger partial charge is 0.258 e. The molecule has 0 fully saturated rings. The zero-order valence-electron chi connectivity index (χ0n) is 14.3. The van der Waals surface area contributed by atoms with E-state index in [-0.39, 0.29) is 12.5 Å². The molecular formula is C20H25NO2. The van der Waals surface area contributed by atoms with E-state index in [9.17, 15) is 4.79 Å². The molecule has 0 unspecified atom stereocenters. The molecule has 0 saturated carbocycles. The van der Waals surface area contributed by atoms with Crippen LogP contribution in [0, 0.1) is 13.8 Å². The molecule has 0 spiro atoms. The summed E-state index contributed by atoms with van der Waals surface area (Å²) in [7, 11) is 0. The molecule has 2 rings (SSSR count). The lowest BCUT2D eigenvalue weighted by Gasteiger charge is -2.15. The Morgan fingerprint density at radius 3 is 2.52 bits per heavy atom. The zero-order chi connectivity index (χ0) is 16.8. The summed E-state index contributed by atoms with van der Waals surface area (Å²) in [4.78, 5) is 12.0. The van der Waals surface area contributed by atoms with Crippen LogP contribution < -0.4 is 10.1 Å². The Kier molecular flexibility index (Phi) is 5.80. The topological polar surface area (TPSA) is 38.3 Å². The minimum absolute atomic E-state index is 0.0367. The van der Waals surface area contributed by atoms with Crippen LogP contribution >= 0.6 is 0 Å². The molecule has 1 amide bonds. The van der Waals surface area contributed by atoms with E-state index in [0.29, 0.717) is 12.5 Å². The van der Waals surface area contributed by atoms with Crippen LogP contribution in [0.5, 0.6) is 5.75 Å². The molecule has 0 aromatic heterocycles. The molecular weight excluding hydrogens is 286 g/mol. The highest BCUT2D eigenvalue weighted by Gasteiger charge is 2.10. The minimum Gasteiger partial charge on any atom is -0.483 e. The van der Waals surface area contributed by atoms with Crippen molar-refractivity contribution in [3.8, 4) is 5.75 Å². The van der Waals surface area contributed by atoms with Gasteiger partial charge in [0.05, 0.1) is 0 Å². The van der Waals surface area contributed by atoms with Crippen LogP contribution in [0.2, 0.25) is 0 Å². The number of hydrogen-bond donors (Lipinski definition) is 1. The van der Waals surface area contributed by atoms with Crippen LogP contribution in [0.4, 0.5) is 0 Å². The van der Waals surface area contributed by atoms with Crippen LogP contribution in [0.3, 0.4) is 0 Å². The van der Waals surface area contributed by atoms with Crippen molar-refractivity contribution >= 4 is 5.91 Å². The maximum atomic E-state index is 12.0. The predicted octanol–water partition coefficient (Wildman–Crippen LogP) is 4.12. The van der Waals surface area contributed by atoms with Gasteiger partial charge in [0.15, 0.2) is 6.61 Å². The second-order valence-electron chi connectivity index (χ2n) is 6.25. The lowest BCUT2D eigenvalue weighted by Crippen LogP contribution is -2.28. The fourth-order valence-electron chi connectivity index (χ4n) is 2.46. The zero-order valence-corrected chi connectivity index (χ0v) is 14.3. The highest BCUT2D eigenvalue weighted by atomic mass is 16.5. The molecule has 23 heavy (non-hydrogen) atoms. The molecule has 0 aliphatic rings. The lowest BCUT2D eigenvalue weighted by atomic mass is 10.0. The van der Waals surface area contributed by atoms with E-state index in [0.717, 1.165) is 22.4 Å². The Hall–Kier alpha value is -2.29. The van der Waals surface area contributed by atoms with Gasteiger partial charge in [-0.3, -0.25) is 4.79 Å². The number of amides is 1. The van der Waals surface area contributed by atoms with Gasteiger partial charge >= 0.3 is 0 Å². The fraction of sp³-hybridized carbons (Fsp3) is 0.350. The van der Waals surface area contributed by atoms with Crippen molar-refractivity contribution in [1.29, 1.82) is 0 Å². The Labute approximate surface area is 138 Å². The van der Waals surface area contributed by atoms with Crippen molar-refractivity contribution in [3.05, 3.63) is 64.7 Å². The van der Waals surface area contributed by atoms with Crippen molar-refractivity contribution in [2.75, 3.05) is 6.61 Å². The summed E-state index contributed by atoms with van der Waals surface area (Å²) < 4.78 is 5.74. The first kappa shape index (κ1) is 17.1. The van der Waals surface area contributed by atoms with Gasteiger partial charge in [-0.25, -0.2) is 0 Å². The van der Waals surface area contributed by atoms with E-state index in [2.05, 4.69) is 37.4 Å². The van der Waals surface area contributed by atoms with Crippen molar-refractivity contribution in [3.63, 3.8) is 0 Å². The molecule has 0 heterocycles. The molecule has 0 saturated heterocycles. The molecule has 122 valence electrons. The quantitative estimate of drug-likeness (QED) is 0.871. The number of ether oxygens (including phenoxy) is 1. The number of benzene rings is 2. The molecule has 0 bridgehead atoms. The average Bonchev–Trinajstić information content (AvgIpc) is 2.50. The summed E-state index contributed by atoms with van der Waals surface area (Å²) in [5.74, 6) is 1.05. The van der Waals surface area contributed by atoms with Gasteiger partial charge in [-0.05, 0) is 42.5 Å². The number of rotatable bonds is 6. The first-order valence-electron chi connectivity index (χ1n) is 8.01. The van der Waals surface area contributed by atoms with Gasteiger partial charge in [0.2, 0.25) is 0 Å². The summed E-state index contributed by atoms with van der Waals surface area (Å²) in [6.07, 6.45) is 0. The van der Waals surface area contributed by atoms with Crippen LogP contribution in [0.15, 0.2) is 42.5 Å². The molecule has 0 atom stereocenters. The van der Waals surface area contributed by atoms with E-state index in [1.165, 1.54) is 5.56 Å². The van der Waals surface area contributed by atoms with Gasteiger partial charge in [-0.2, -0.15) is 0 Å². The molecule has 0 radical (unpaired) electrons. The van der Waals surface area contributed by atoms with Crippen molar-refractivity contribution in [2.45, 2.75) is 40.2 Å². The third kappa shape index (κ3) is 5.13. The Morgan fingerprint density at radius 2 is 1.83 bits per heavy atom. The molecule has 0 aliphatic carbocycles. The third-order valence-corrected chi connectivity index (χ3v) is 3.72. The highest BCUT2D eigenvalue weighted by molar-refractivity contribution is 5.77. The number of carbonyl (C=O) groups excluding carboxylic acids is 1. The summed E-state index contributed by atoms with van der Waals surface area (Å²) in [6.45, 7) is 8.86. The largest absolute Gasteiger partial charge is 0.483 e. The number of nitrogens with one attached hydrogen (secondary N) is 1. The second kappa shape index (κ2) is 7.82. The van der Waals surface area contributed by atoms with Crippen molar-refractivity contribution < 1.29 is 9.53 Å². The van der Waals surface area contributed by atoms with Gasteiger partial charge in [0.25, 0.3) is 5.91 Å². The van der Waals surface area contributed by atoms with Crippen LogP contribution in [-0.4, -0.2) is 12.5 Å². The Balaban J connectivity index is 1.90. The number of hydrogen-bond acceptors (Lipinski definition) is 2. The summed E-state index contributed by atoms with van der Waals surface area (Å²) >= 11 is 0. The lowest BCUT2D eigenvalue weighted by molar-refractivity contribution is -0.123. The molecule has 3 heteroatoms. The van der Waals surface area contributed by atoms with Gasteiger partial charge in [-0.1, -0.05) is 55.8 Å². The first-order valence-corrected chi connectivity index (χ1v) is 8.01. The number of carbonyl (C=O) groups is 1. The normalized spacial score (nSPS) is 10.7. The monoisotopic (exact) mass is 311 g/mol. The Morgan fingerprint density at radius 1 is 1.09 bits per heavy atom. The first-order chi connectivity index (χ1) is 11.0. The molecule has 0 aliphatic heterocycles. The van der Waals surface area contributed by atoms with Crippen LogP contribution in [0.25, 0.3) is 0 Å². The molecule has 2 aromatic rings. The maximum Gasteiger partial charge on any atom is 0.258 e. The van der Waals surface area contributed by atoms with E-state index < -0.39 is 0 Å². The van der Waals surface area contributed by atoms with Gasteiger partial charge in [0, 0.05) is 6.54 Å². The fourth-order valence-corrected chi connectivity index (χ4v) is 2.46. The predicted molar refractivity (Wildman–Crippen MR) is 93.8 cm³/mol. The minimum atomic E-state index is -0.109. The van der Waals surface area contributed by atoms with E-state index >= 15 is 0 Å². The summed E-state index contributed by atoms with van der Waals surface area (Å²) in [5.41, 5.74) is 4.54. The van der Waals surface area contributed by atoms with Gasteiger partial charge in [-0.15, -0.1) is 0 Å². The SMILES string of the molecule is Cc1cccc(CNC(=O)COc2cc(C)ccc2C(C)C)c1. The van der Waals surface area contributed by atoms with E-state index in [1.54, 1.807) is 0 Å². The summed E-state index contributed by atoms with van der Waals surface area (Å²) in [6, 6.07) is 14.2. The average molecular weight is 311 g/mol. The Bertz CT molecular complexity index is 677. The van der Waals surface area contributed by atoms with E-state index in [1.807, 2.05) is 38.1 Å². The maximum absolute atomic E-state index is 12.0. The standard InChI is InChI=1S/C20H25NO2/c1-14(2)18-9-8-16(4)11-19(18)23-13-20(22)21-12-17-7-5-6-15(3)10-17/h5-11,14H,12-13H2,1-4H3,(H,21,22). The highest BCUT2D eigenvalue weighted by Crippen LogP contribution is 2.27. The van der Waals surface area contributed by atoms with Crippen LogP contribution in [-0.2, 0) is 11.3 Å². The van der Waals surface area contributed by atoms with Crippen LogP contribution in [0.1, 0.15) is 42.0 Å². The van der Waals surface area contributed by atoms with E-state index in [4.69, 9.17) is 4.74 Å². The third-order valence-electron chi connectivity index (χ3n) is 3.72. The van der Waals surface area contributed by atoms with Gasteiger partial charge in [0.1, 0.15) is 5.75 Å². The molecule has 2 aromatic carbocycles. The summed E-state index contributed by atoms with van der Waals surface area (Å²) in [5, 5.41) is 2.90. The molecule has 1 N–H and O–H groups in total. The van der Waals surface area contributed by atoms with Gasteiger partial charge < -0.3 is 10.1 Å².